The van der Waals surface area contributed by atoms with Gasteiger partial charge in [0.05, 0.1) is 0 Å². The van der Waals surface area contributed by atoms with E-state index < -0.39 is 0 Å². The lowest BCUT2D eigenvalue weighted by Crippen LogP contribution is -2.02. The lowest BCUT2D eigenvalue weighted by atomic mass is 10.3. The summed E-state index contributed by atoms with van der Waals surface area (Å²) in [5.41, 5.74) is 5.14. The first-order valence-corrected chi connectivity index (χ1v) is 5.40. The van der Waals surface area contributed by atoms with Crippen LogP contribution in [0.3, 0.4) is 0 Å². The van der Waals surface area contributed by atoms with Crippen LogP contribution in [-0.4, -0.2) is 28.0 Å². The van der Waals surface area contributed by atoms with Gasteiger partial charge in [-0.3, -0.25) is 0 Å². The van der Waals surface area contributed by atoms with E-state index in [4.69, 9.17) is 17.3 Å². The maximum atomic E-state index is 5.48. The van der Waals surface area contributed by atoms with E-state index >= 15 is 0 Å². The van der Waals surface area contributed by atoms with Gasteiger partial charge >= 0.3 is 0 Å². The first kappa shape index (κ1) is 14.1. The summed E-state index contributed by atoms with van der Waals surface area (Å²) in [5.74, 6) is 0.516. The monoisotopic (exact) mass is 231 g/mol. The van der Waals surface area contributed by atoms with Crippen LogP contribution in [0, 0.1) is 0 Å². The van der Waals surface area contributed by atoms with Crippen LogP contribution in [-0.2, 0) is 0 Å². The van der Waals surface area contributed by atoms with Crippen molar-refractivity contribution in [3.8, 4) is 0 Å². The van der Waals surface area contributed by atoms with E-state index in [-0.39, 0.29) is 5.28 Å². The summed E-state index contributed by atoms with van der Waals surface area (Å²) in [5, 5.41) is 3.12. The molecule has 0 radical (unpaired) electrons. The van der Waals surface area contributed by atoms with Gasteiger partial charge in [0.25, 0.3) is 0 Å². The number of aromatic nitrogens is 3. The second kappa shape index (κ2) is 9.61. The third-order valence-electron chi connectivity index (χ3n) is 1.44. The lowest BCUT2D eigenvalue weighted by molar-refractivity contribution is 0.807. The Morgan fingerprint density at radius 2 is 2.13 bits per heavy atom. The van der Waals surface area contributed by atoms with Crippen LogP contribution in [0.5, 0.6) is 0 Å². The van der Waals surface area contributed by atoms with Crippen molar-refractivity contribution < 1.29 is 0 Å². The van der Waals surface area contributed by atoms with Crippen LogP contribution >= 0.6 is 11.6 Å². The van der Waals surface area contributed by atoms with Crippen molar-refractivity contribution in [1.82, 2.24) is 15.0 Å². The van der Waals surface area contributed by atoms with Crippen molar-refractivity contribution in [2.45, 2.75) is 26.7 Å². The molecule has 0 unspecified atom stereocenters. The Bertz CT molecular complexity index is 254. The Labute approximate surface area is 95.5 Å². The zero-order valence-corrected chi connectivity index (χ0v) is 9.96. The average Bonchev–Trinajstić information content (AvgIpc) is 2.20. The summed E-state index contributed by atoms with van der Waals surface area (Å²) < 4.78 is 0. The molecule has 86 valence electrons. The van der Waals surface area contributed by atoms with Gasteiger partial charge in [0.1, 0.15) is 6.33 Å². The molecule has 1 rings (SSSR count). The zero-order chi connectivity index (χ0) is 11.5. The first-order valence-electron chi connectivity index (χ1n) is 5.03. The third kappa shape index (κ3) is 8.08. The van der Waals surface area contributed by atoms with Gasteiger partial charge in [-0.2, -0.15) is 4.98 Å². The summed E-state index contributed by atoms with van der Waals surface area (Å²) in [6, 6.07) is 0. The van der Waals surface area contributed by atoms with E-state index in [9.17, 15) is 0 Å². The van der Waals surface area contributed by atoms with Crippen LogP contribution < -0.4 is 11.1 Å². The number of anilines is 1. The number of nitrogens with zero attached hydrogens (tertiary/aromatic N) is 3. The highest BCUT2D eigenvalue weighted by Gasteiger charge is 1.93. The van der Waals surface area contributed by atoms with E-state index in [1.807, 2.05) is 6.92 Å². The SMILES string of the molecule is CCCCN.CCNc1ncnc(Cl)n1. The van der Waals surface area contributed by atoms with Crippen LogP contribution in [0.4, 0.5) is 5.95 Å². The molecule has 5 nitrogen and oxygen atoms in total. The number of hydrogen-bond acceptors (Lipinski definition) is 5. The number of rotatable bonds is 4. The highest BCUT2D eigenvalue weighted by atomic mass is 35.5. The number of unbranched alkanes of at least 4 members (excludes halogenated alkanes) is 1. The minimum Gasteiger partial charge on any atom is -0.354 e. The van der Waals surface area contributed by atoms with Gasteiger partial charge in [-0.1, -0.05) is 13.3 Å². The predicted octanol–water partition coefficient (Wildman–Crippen LogP) is 1.70. The quantitative estimate of drug-likeness (QED) is 0.825. The largest absolute Gasteiger partial charge is 0.354 e. The van der Waals surface area contributed by atoms with Gasteiger partial charge in [-0.15, -0.1) is 0 Å². The molecule has 0 aliphatic rings. The lowest BCUT2D eigenvalue weighted by Gasteiger charge is -1.97. The maximum Gasteiger partial charge on any atom is 0.227 e. The van der Waals surface area contributed by atoms with Gasteiger partial charge in [0.15, 0.2) is 0 Å². The number of nitrogens with two attached hydrogens (primary N) is 1. The molecule has 0 atom stereocenters. The summed E-state index contributed by atoms with van der Waals surface area (Å²) in [4.78, 5) is 11.2. The molecular formula is C9H18ClN5. The molecule has 3 N–H and O–H groups in total. The normalized spacial score (nSPS) is 9.07. The topological polar surface area (TPSA) is 76.7 Å². The zero-order valence-electron chi connectivity index (χ0n) is 9.20. The van der Waals surface area contributed by atoms with E-state index in [0.29, 0.717) is 5.95 Å². The summed E-state index contributed by atoms with van der Waals surface area (Å²) in [7, 11) is 0. The number of nitrogens with one attached hydrogen (secondary N) is 1. The molecule has 0 amide bonds. The fourth-order valence-corrected chi connectivity index (χ4v) is 0.847. The van der Waals surface area contributed by atoms with Crippen molar-refractivity contribution in [2.75, 3.05) is 18.4 Å². The second-order valence-corrected chi connectivity index (χ2v) is 3.09. The minimum atomic E-state index is 0.214. The van der Waals surface area contributed by atoms with Crippen molar-refractivity contribution in [3.63, 3.8) is 0 Å². The maximum absolute atomic E-state index is 5.48. The Balaban J connectivity index is 0.000000336. The molecule has 0 spiro atoms. The molecule has 0 aromatic carbocycles. The fraction of sp³-hybridized carbons (Fsp3) is 0.667. The molecule has 1 aromatic rings. The molecule has 15 heavy (non-hydrogen) atoms. The third-order valence-corrected chi connectivity index (χ3v) is 1.62. The molecule has 1 heterocycles. The molecular weight excluding hydrogens is 214 g/mol. The summed E-state index contributed by atoms with van der Waals surface area (Å²) in [6.45, 7) is 5.71. The highest BCUT2D eigenvalue weighted by molar-refractivity contribution is 6.28. The molecule has 0 bridgehead atoms. The van der Waals surface area contributed by atoms with E-state index in [2.05, 4.69) is 27.2 Å². The van der Waals surface area contributed by atoms with Crippen molar-refractivity contribution in [1.29, 1.82) is 0 Å². The molecule has 6 heteroatoms. The van der Waals surface area contributed by atoms with Crippen LogP contribution in [0.15, 0.2) is 6.33 Å². The number of halogens is 1. The minimum absolute atomic E-state index is 0.214. The Morgan fingerprint density at radius 3 is 2.53 bits per heavy atom. The molecule has 0 aliphatic heterocycles. The van der Waals surface area contributed by atoms with Gasteiger partial charge < -0.3 is 11.1 Å². The summed E-state index contributed by atoms with van der Waals surface area (Å²) in [6.07, 6.45) is 3.75. The second-order valence-electron chi connectivity index (χ2n) is 2.75. The van der Waals surface area contributed by atoms with Gasteiger partial charge in [-0.25, -0.2) is 9.97 Å². The van der Waals surface area contributed by atoms with E-state index in [0.717, 1.165) is 13.1 Å². The molecule has 0 saturated carbocycles. The van der Waals surface area contributed by atoms with E-state index in [1.165, 1.54) is 19.2 Å². The molecule has 1 aromatic heterocycles. The fourth-order valence-electron chi connectivity index (χ4n) is 0.724. The summed E-state index contributed by atoms with van der Waals surface area (Å²) >= 11 is 5.48. The number of hydrogen-bond donors (Lipinski definition) is 2. The first-order chi connectivity index (χ1) is 7.24. The Kier molecular flexibility index (Phi) is 9.01. The van der Waals surface area contributed by atoms with Gasteiger partial charge in [0.2, 0.25) is 11.2 Å². The van der Waals surface area contributed by atoms with Crippen LogP contribution in [0.2, 0.25) is 5.28 Å². The Morgan fingerprint density at radius 1 is 1.40 bits per heavy atom. The smallest absolute Gasteiger partial charge is 0.227 e. The van der Waals surface area contributed by atoms with Crippen LogP contribution in [0.1, 0.15) is 26.7 Å². The molecule has 0 saturated heterocycles. The van der Waals surface area contributed by atoms with Gasteiger partial charge in [0, 0.05) is 6.54 Å². The standard InChI is InChI=1S/C5H7ClN4.C4H11N/c1-2-7-5-9-3-8-4(6)10-5;1-2-3-4-5/h3H,2H2,1H3,(H,7,8,9,10);2-5H2,1H3. The van der Waals surface area contributed by atoms with Crippen molar-refractivity contribution in [3.05, 3.63) is 11.6 Å². The van der Waals surface area contributed by atoms with Crippen LogP contribution in [0.25, 0.3) is 0 Å². The van der Waals surface area contributed by atoms with E-state index in [1.54, 1.807) is 0 Å². The van der Waals surface area contributed by atoms with Gasteiger partial charge in [-0.05, 0) is 31.5 Å². The highest BCUT2D eigenvalue weighted by Crippen LogP contribution is 2.00. The van der Waals surface area contributed by atoms with Crippen molar-refractivity contribution >= 4 is 17.5 Å². The predicted molar refractivity (Wildman–Crippen MR) is 63.0 cm³/mol. The Hall–Kier alpha value is -0.940. The van der Waals surface area contributed by atoms with Crippen molar-refractivity contribution in [2.24, 2.45) is 5.73 Å². The molecule has 0 aliphatic carbocycles. The average molecular weight is 232 g/mol. The molecule has 0 fully saturated rings.